The Labute approximate surface area is 155 Å². The van der Waals surface area contributed by atoms with E-state index in [-0.39, 0.29) is 5.91 Å². The zero-order valence-electron chi connectivity index (χ0n) is 13.8. The van der Waals surface area contributed by atoms with Crippen LogP contribution < -0.4 is 10.2 Å². The third-order valence-corrected chi connectivity index (χ3v) is 4.38. The molecule has 0 radical (unpaired) electrons. The Morgan fingerprint density at radius 2 is 2.12 bits per heavy atom. The van der Waals surface area contributed by atoms with Crippen molar-refractivity contribution in [2.75, 3.05) is 31.2 Å². The lowest BCUT2D eigenvalue weighted by atomic mass is 10.2. The lowest BCUT2D eigenvalue weighted by molar-refractivity contribution is -0.116. The number of hydrogen-bond acceptors (Lipinski definition) is 4. The van der Waals surface area contributed by atoms with Crippen LogP contribution in [-0.4, -0.2) is 37.2 Å². The highest BCUT2D eigenvalue weighted by Crippen LogP contribution is 2.14. The number of hydrogen-bond donors (Lipinski definition) is 1. The van der Waals surface area contributed by atoms with E-state index in [2.05, 4.69) is 31.1 Å². The maximum absolute atomic E-state index is 12.0. The highest BCUT2D eigenvalue weighted by Gasteiger charge is 2.12. The minimum Gasteiger partial charge on any atom is -0.378 e. The summed E-state index contributed by atoms with van der Waals surface area (Å²) in [6.45, 7) is 3.62. The Morgan fingerprint density at radius 3 is 2.92 bits per heavy atom. The maximum atomic E-state index is 12.0. The second-order valence-corrected chi connectivity index (χ2v) is 6.64. The van der Waals surface area contributed by atoms with Crippen molar-refractivity contribution in [1.82, 2.24) is 10.3 Å². The van der Waals surface area contributed by atoms with E-state index in [4.69, 9.17) is 4.74 Å². The van der Waals surface area contributed by atoms with E-state index in [9.17, 15) is 4.79 Å². The van der Waals surface area contributed by atoms with Gasteiger partial charge in [-0.2, -0.15) is 0 Å². The predicted octanol–water partition coefficient (Wildman–Crippen LogP) is 3.01. The molecule has 1 saturated heterocycles. The van der Waals surface area contributed by atoms with Gasteiger partial charge in [-0.15, -0.1) is 0 Å². The van der Waals surface area contributed by atoms with E-state index >= 15 is 0 Å². The molecule has 1 N–H and O–H groups in total. The minimum atomic E-state index is -0.121. The van der Waals surface area contributed by atoms with Gasteiger partial charge in [0.25, 0.3) is 0 Å². The van der Waals surface area contributed by atoms with Gasteiger partial charge >= 0.3 is 0 Å². The van der Waals surface area contributed by atoms with Crippen LogP contribution in [0.2, 0.25) is 0 Å². The number of ether oxygens (including phenoxy) is 1. The molecule has 0 unspecified atom stereocenters. The van der Waals surface area contributed by atoms with Gasteiger partial charge in [0.1, 0.15) is 5.82 Å². The van der Waals surface area contributed by atoms with Crippen LogP contribution in [0.3, 0.4) is 0 Å². The fourth-order valence-electron chi connectivity index (χ4n) is 2.57. The molecule has 0 bridgehead atoms. The standard InChI is InChI=1S/C19H20BrN3O2/c20-17-3-1-2-15(12-17)4-5-19(24)22-14-16-6-7-21-18(13-16)23-8-10-25-11-9-23/h1-7,12-13H,8-11,14H2,(H,22,24)/b5-4+. The summed E-state index contributed by atoms with van der Waals surface area (Å²) >= 11 is 3.42. The van der Waals surface area contributed by atoms with Gasteiger partial charge in [0.2, 0.25) is 5.91 Å². The lowest BCUT2D eigenvalue weighted by Gasteiger charge is -2.28. The maximum Gasteiger partial charge on any atom is 0.244 e. The molecule has 25 heavy (non-hydrogen) atoms. The smallest absolute Gasteiger partial charge is 0.244 e. The predicted molar refractivity (Wildman–Crippen MR) is 102 cm³/mol. The van der Waals surface area contributed by atoms with Gasteiger partial charge in [0, 0.05) is 36.4 Å². The molecule has 1 aliphatic heterocycles. The van der Waals surface area contributed by atoms with Crippen molar-refractivity contribution < 1.29 is 9.53 Å². The number of nitrogens with one attached hydrogen (secondary N) is 1. The minimum absolute atomic E-state index is 0.121. The van der Waals surface area contributed by atoms with Crippen molar-refractivity contribution in [3.8, 4) is 0 Å². The summed E-state index contributed by atoms with van der Waals surface area (Å²) in [6.07, 6.45) is 5.13. The topological polar surface area (TPSA) is 54.5 Å². The molecule has 1 aromatic carbocycles. The highest BCUT2D eigenvalue weighted by molar-refractivity contribution is 9.10. The first-order valence-corrected chi connectivity index (χ1v) is 8.99. The first-order valence-electron chi connectivity index (χ1n) is 8.20. The summed E-state index contributed by atoms with van der Waals surface area (Å²) in [5, 5.41) is 2.91. The number of rotatable bonds is 5. The van der Waals surface area contributed by atoms with E-state index in [1.165, 1.54) is 0 Å². The molecule has 1 fully saturated rings. The first-order chi connectivity index (χ1) is 12.2. The van der Waals surface area contributed by atoms with Gasteiger partial charge < -0.3 is 15.0 Å². The number of carbonyl (C=O) groups is 1. The van der Waals surface area contributed by atoms with Gasteiger partial charge in [-0.05, 0) is 41.5 Å². The number of benzene rings is 1. The molecule has 1 amide bonds. The second kappa shape index (κ2) is 8.78. The number of pyridine rings is 1. The molecule has 2 aromatic rings. The van der Waals surface area contributed by atoms with Crippen LogP contribution in [0.15, 0.2) is 53.1 Å². The second-order valence-electron chi connectivity index (χ2n) is 5.73. The molecule has 2 heterocycles. The normalized spacial score (nSPS) is 14.7. The summed E-state index contributed by atoms with van der Waals surface area (Å²) in [4.78, 5) is 18.6. The molecule has 1 aromatic heterocycles. The molecule has 130 valence electrons. The number of anilines is 1. The molecular weight excluding hydrogens is 382 g/mol. The Kier molecular flexibility index (Phi) is 6.19. The average Bonchev–Trinajstić information content (AvgIpc) is 2.66. The number of amides is 1. The summed E-state index contributed by atoms with van der Waals surface area (Å²) in [6, 6.07) is 11.7. The third kappa shape index (κ3) is 5.41. The van der Waals surface area contributed by atoms with Crippen LogP contribution in [0.5, 0.6) is 0 Å². The zero-order chi connectivity index (χ0) is 17.5. The molecule has 1 aliphatic rings. The zero-order valence-corrected chi connectivity index (χ0v) is 15.4. The average molecular weight is 402 g/mol. The van der Waals surface area contributed by atoms with Crippen molar-refractivity contribution in [2.24, 2.45) is 0 Å². The molecule has 0 aliphatic carbocycles. The van der Waals surface area contributed by atoms with Gasteiger partial charge in [-0.1, -0.05) is 28.1 Å². The van der Waals surface area contributed by atoms with Crippen LogP contribution >= 0.6 is 15.9 Å². The molecule has 6 heteroatoms. The Morgan fingerprint density at radius 1 is 1.28 bits per heavy atom. The summed E-state index contributed by atoms with van der Waals surface area (Å²) in [5.74, 6) is 0.810. The Hall–Kier alpha value is -2.18. The van der Waals surface area contributed by atoms with E-state index < -0.39 is 0 Å². The molecule has 0 saturated carbocycles. The summed E-state index contributed by atoms with van der Waals surface area (Å²) in [5.41, 5.74) is 2.00. The van der Waals surface area contributed by atoms with Gasteiger partial charge in [-0.3, -0.25) is 4.79 Å². The van der Waals surface area contributed by atoms with Crippen molar-refractivity contribution >= 4 is 33.7 Å². The summed E-state index contributed by atoms with van der Waals surface area (Å²) in [7, 11) is 0. The number of morpholine rings is 1. The Bertz CT molecular complexity index is 758. The van der Waals surface area contributed by atoms with Gasteiger partial charge in [0.15, 0.2) is 0 Å². The van der Waals surface area contributed by atoms with Crippen LogP contribution in [0, 0.1) is 0 Å². The molecule has 5 nitrogen and oxygen atoms in total. The van der Waals surface area contributed by atoms with Crippen molar-refractivity contribution in [2.45, 2.75) is 6.54 Å². The Balaban J connectivity index is 1.55. The lowest BCUT2D eigenvalue weighted by Crippen LogP contribution is -2.36. The van der Waals surface area contributed by atoms with E-state index in [0.717, 1.165) is 47.7 Å². The highest BCUT2D eigenvalue weighted by atomic mass is 79.9. The fraction of sp³-hybridized carbons (Fsp3) is 0.263. The SMILES string of the molecule is O=C(/C=C/c1cccc(Br)c1)NCc1ccnc(N2CCOCC2)c1. The molecule has 3 rings (SSSR count). The van der Waals surface area contributed by atoms with E-state index in [1.54, 1.807) is 18.3 Å². The number of halogens is 1. The number of aromatic nitrogens is 1. The largest absolute Gasteiger partial charge is 0.378 e. The number of carbonyl (C=O) groups excluding carboxylic acids is 1. The monoisotopic (exact) mass is 401 g/mol. The fourth-order valence-corrected chi connectivity index (χ4v) is 2.98. The molecule has 0 atom stereocenters. The van der Waals surface area contributed by atoms with Crippen molar-refractivity contribution in [3.05, 3.63) is 64.3 Å². The molecular formula is C19H20BrN3O2. The summed E-state index contributed by atoms with van der Waals surface area (Å²) < 4.78 is 6.35. The number of nitrogens with zero attached hydrogens (tertiary/aromatic N) is 2. The van der Waals surface area contributed by atoms with Crippen molar-refractivity contribution in [3.63, 3.8) is 0 Å². The van der Waals surface area contributed by atoms with E-state index in [1.807, 2.05) is 36.4 Å². The van der Waals surface area contributed by atoms with Crippen LogP contribution in [0.4, 0.5) is 5.82 Å². The third-order valence-electron chi connectivity index (χ3n) is 3.89. The first kappa shape index (κ1) is 17.6. The van der Waals surface area contributed by atoms with Gasteiger partial charge in [-0.25, -0.2) is 4.98 Å². The van der Waals surface area contributed by atoms with Crippen LogP contribution in [0.1, 0.15) is 11.1 Å². The van der Waals surface area contributed by atoms with E-state index in [0.29, 0.717) is 6.54 Å². The van der Waals surface area contributed by atoms with Gasteiger partial charge in [0.05, 0.1) is 13.2 Å². The van der Waals surface area contributed by atoms with Crippen LogP contribution in [0.25, 0.3) is 6.08 Å². The van der Waals surface area contributed by atoms with Crippen molar-refractivity contribution in [1.29, 1.82) is 0 Å². The quantitative estimate of drug-likeness (QED) is 0.782. The molecule has 0 spiro atoms. The van der Waals surface area contributed by atoms with Crippen LogP contribution in [-0.2, 0) is 16.1 Å².